The van der Waals surface area contributed by atoms with Gasteiger partial charge < -0.3 is 5.32 Å². The minimum atomic E-state index is 0.249. The van der Waals surface area contributed by atoms with Crippen molar-refractivity contribution in [3.05, 3.63) is 77.3 Å². The average Bonchev–Trinajstić information content (AvgIpc) is 2.45. The maximum atomic E-state index is 6.00. The zero-order valence-corrected chi connectivity index (χ0v) is 11.8. The molecular weight excluding hydrogens is 254 g/mol. The van der Waals surface area contributed by atoms with E-state index in [0.29, 0.717) is 0 Å². The third kappa shape index (κ3) is 3.95. The molecule has 0 fully saturated rings. The van der Waals surface area contributed by atoms with Gasteiger partial charge in [0.25, 0.3) is 0 Å². The highest BCUT2D eigenvalue weighted by molar-refractivity contribution is 6.30. The van der Waals surface area contributed by atoms with Crippen molar-refractivity contribution in [2.75, 3.05) is 6.54 Å². The topological polar surface area (TPSA) is 12.0 Å². The van der Waals surface area contributed by atoms with Gasteiger partial charge in [-0.25, -0.2) is 0 Å². The van der Waals surface area contributed by atoms with E-state index in [-0.39, 0.29) is 6.04 Å². The van der Waals surface area contributed by atoms with Crippen LogP contribution in [0.15, 0.2) is 61.2 Å². The first-order valence-corrected chi connectivity index (χ1v) is 6.76. The fourth-order valence-corrected chi connectivity index (χ4v) is 2.14. The molecule has 0 aliphatic carbocycles. The fourth-order valence-electron chi connectivity index (χ4n) is 1.95. The minimum Gasteiger partial charge on any atom is -0.306 e. The van der Waals surface area contributed by atoms with Crippen LogP contribution < -0.4 is 5.32 Å². The van der Waals surface area contributed by atoms with Gasteiger partial charge in [-0.3, -0.25) is 0 Å². The maximum absolute atomic E-state index is 6.00. The lowest BCUT2D eigenvalue weighted by Crippen LogP contribution is -2.20. The summed E-state index contributed by atoms with van der Waals surface area (Å²) in [6.45, 7) is 7.01. The Kier molecular flexibility index (Phi) is 4.78. The van der Waals surface area contributed by atoms with E-state index in [1.807, 2.05) is 36.4 Å². The smallest absolute Gasteiger partial charge is 0.0409 e. The van der Waals surface area contributed by atoms with Crippen LogP contribution in [0.2, 0.25) is 5.02 Å². The van der Waals surface area contributed by atoms with Gasteiger partial charge in [0.2, 0.25) is 0 Å². The second-order valence-corrected chi connectivity index (χ2v) is 5.06. The van der Waals surface area contributed by atoms with Gasteiger partial charge in [0.1, 0.15) is 0 Å². The van der Waals surface area contributed by atoms with Crippen LogP contribution in [0.3, 0.4) is 0 Å². The molecule has 0 saturated heterocycles. The average molecular weight is 272 g/mol. The standard InChI is InChI=1S/C17H18ClN/c1-13(15-7-4-3-5-8-15)12-19-14(2)16-9-6-10-17(18)11-16/h3-11,14,19H,1,12H2,2H3. The first-order valence-electron chi connectivity index (χ1n) is 6.39. The minimum absolute atomic E-state index is 0.249. The first-order chi connectivity index (χ1) is 9.16. The Morgan fingerprint density at radius 1 is 1.16 bits per heavy atom. The second kappa shape index (κ2) is 6.55. The molecule has 2 aromatic carbocycles. The van der Waals surface area contributed by atoms with Gasteiger partial charge in [-0.15, -0.1) is 0 Å². The summed E-state index contributed by atoms with van der Waals surface area (Å²) in [5.41, 5.74) is 3.45. The number of nitrogens with one attached hydrogen (secondary N) is 1. The summed E-state index contributed by atoms with van der Waals surface area (Å²) in [7, 11) is 0. The molecule has 2 heteroatoms. The second-order valence-electron chi connectivity index (χ2n) is 4.63. The van der Waals surface area contributed by atoms with Crippen molar-refractivity contribution in [2.24, 2.45) is 0 Å². The van der Waals surface area contributed by atoms with Gasteiger partial charge >= 0.3 is 0 Å². The highest BCUT2D eigenvalue weighted by Crippen LogP contribution is 2.18. The van der Waals surface area contributed by atoms with Crippen LogP contribution >= 0.6 is 11.6 Å². The highest BCUT2D eigenvalue weighted by Gasteiger charge is 2.06. The molecule has 0 aliphatic heterocycles. The molecule has 0 heterocycles. The lowest BCUT2D eigenvalue weighted by molar-refractivity contribution is 0.622. The summed E-state index contributed by atoms with van der Waals surface area (Å²) in [5.74, 6) is 0. The van der Waals surface area contributed by atoms with E-state index in [4.69, 9.17) is 11.6 Å². The van der Waals surface area contributed by atoms with Crippen molar-refractivity contribution >= 4 is 17.2 Å². The molecule has 98 valence electrons. The van der Waals surface area contributed by atoms with E-state index in [9.17, 15) is 0 Å². The van der Waals surface area contributed by atoms with Crippen LogP contribution in [-0.2, 0) is 0 Å². The lowest BCUT2D eigenvalue weighted by Gasteiger charge is -2.16. The summed E-state index contributed by atoms with van der Waals surface area (Å²) in [6.07, 6.45) is 0. The Balaban J connectivity index is 1.94. The van der Waals surface area contributed by atoms with Crippen LogP contribution in [0.25, 0.3) is 5.57 Å². The lowest BCUT2D eigenvalue weighted by atomic mass is 10.1. The largest absolute Gasteiger partial charge is 0.306 e. The van der Waals surface area contributed by atoms with E-state index in [0.717, 1.165) is 17.1 Å². The molecule has 2 rings (SSSR count). The van der Waals surface area contributed by atoms with Crippen molar-refractivity contribution in [1.29, 1.82) is 0 Å². The van der Waals surface area contributed by atoms with Crippen LogP contribution in [0, 0.1) is 0 Å². The summed E-state index contributed by atoms with van der Waals surface area (Å²) in [4.78, 5) is 0. The molecule has 0 spiro atoms. The van der Waals surface area contributed by atoms with Crippen LogP contribution in [0.5, 0.6) is 0 Å². The van der Waals surface area contributed by atoms with Gasteiger partial charge in [0.15, 0.2) is 0 Å². The Morgan fingerprint density at radius 3 is 2.58 bits per heavy atom. The summed E-state index contributed by atoms with van der Waals surface area (Å²) in [5, 5.41) is 4.24. The molecule has 0 radical (unpaired) electrons. The molecule has 0 aromatic heterocycles. The molecule has 0 bridgehead atoms. The molecule has 2 aromatic rings. The SMILES string of the molecule is C=C(CNC(C)c1cccc(Cl)c1)c1ccccc1. The number of hydrogen-bond donors (Lipinski definition) is 1. The van der Waals surface area contributed by atoms with Crippen molar-refractivity contribution in [3.8, 4) is 0 Å². The normalized spacial score (nSPS) is 12.1. The Bertz CT molecular complexity index is 548. The summed E-state index contributed by atoms with van der Waals surface area (Å²) < 4.78 is 0. The highest BCUT2D eigenvalue weighted by atomic mass is 35.5. The zero-order chi connectivity index (χ0) is 13.7. The summed E-state index contributed by atoms with van der Waals surface area (Å²) >= 11 is 6.00. The monoisotopic (exact) mass is 271 g/mol. The zero-order valence-electron chi connectivity index (χ0n) is 11.1. The third-order valence-electron chi connectivity index (χ3n) is 3.15. The van der Waals surface area contributed by atoms with Crippen LogP contribution in [-0.4, -0.2) is 6.54 Å². The Labute approximate surface area is 119 Å². The number of hydrogen-bond acceptors (Lipinski definition) is 1. The predicted octanol–water partition coefficient (Wildman–Crippen LogP) is 4.70. The van der Waals surface area contributed by atoms with E-state index < -0.39 is 0 Å². The Hall–Kier alpha value is -1.57. The molecule has 19 heavy (non-hydrogen) atoms. The molecule has 1 atom stereocenters. The van der Waals surface area contributed by atoms with Crippen LogP contribution in [0.4, 0.5) is 0 Å². The molecule has 0 aliphatic rings. The van der Waals surface area contributed by atoms with E-state index in [1.165, 1.54) is 11.1 Å². The maximum Gasteiger partial charge on any atom is 0.0409 e. The third-order valence-corrected chi connectivity index (χ3v) is 3.39. The predicted molar refractivity (Wildman–Crippen MR) is 83.3 cm³/mol. The molecule has 0 saturated carbocycles. The molecule has 1 nitrogen and oxygen atoms in total. The Morgan fingerprint density at radius 2 is 1.89 bits per heavy atom. The summed E-state index contributed by atoms with van der Waals surface area (Å²) in [6, 6.07) is 18.4. The van der Waals surface area contributed by atoms with Gasteiger partial charge in [-0.1, -0.05) is 60.6 Å². The van der Waals surface area contributed by atoms with Gasteiger partial charge in [-0.2, -0.15) is 0 Å². The number of halogens is 1. The van der Waals surface area contributed by atoms with Crippen molar-refractivity contribution in [1.82, 2.24) is 5.32 Å². The van der Waals surface area contributed by atoms with Crippen LogP contribution in [0.1, 0.15) is 24.1 Å². The quantitative estimate of drug-likeness (QED) is 0.831. The van der Waals surface area contributed by atoms with Crippen molar-refractivity contribution in [2.45, 2.75) is 13.0 Å². The van der Waals surface area contributed by atoms with Crippen molar-refractivity contribution in [3.63, 3.8) is 0 Å². The van der Waals surface area contributed by atoms with Gasteiger partial charge in [0.05, 0.1) is 0 Å². The number of benzene rings is 2. The van der Waals surface area contributed by atoms with Gasteiger partial charge in [0, 0.05) is 17.6 Å². The first kappa shape index (κ1) is 13.9. The van der Waals surface area contributed by atoms with Crippen molar-refractivity contribution < 1.29 is 0 Å². The van der Waals surface area contributed by atoms with E-state index in [1.54, 1.807) is 0 Å². The van der Waals surface area contributed by atoms with E-state index in [2.05, 4.69) is 37.0 Å². The van der Waals surface area contributed by atoms with Gasteiger partial charge in [-0.05, 0) is 35.8 Å². The number of rotatable bonds is 5. The molecule has 0 amide bonds. The molecular formula is C17H18ClN. The molecule has 1 N–H and O–H groups in total. The molecule has 1 unspecified atom stereocenters. The van der Waals surface area contributed by atoms with E-state index >= 15 is 0 Å². The fraction of sp³-hybridized carbons (Fsp3) is 0.176.